The van der Waals surface area contributed by atoms with Gasteiger partial charge in [-0.05, 0) is 75.2 Å². The predicted molar refractivity (Wildman–Crippen MR) is 178 cm³/mol. The molecule has 4 aromatic carbocycles. The second-order valence-electron chi connectivity index (χ2n) is 12.0. The fourth-order valence-corrected chi connectivity index (χ4v) is 6.32. The summed E-state index contributed by atoms with van der Waals surface area (Å²) in [5.74, 6) is -0.327. The molecule has 0 saturated heterocycles. The van der Waals surface area contributed by atoms with Crippen LogP contribution < -0.4 is 14.4 Å². The highest BCUT2D eigenvalue weighted by molar-refractivity contribution is 7.92. The fraction of sp³-hybridized carbons (Fsp3) is 0.278. The minimum atomic E-state index is -4.20. The van der Waals surface area contributed by atoms with E-state index < -0.39 is 34.1 Å². The van der Waals surface area contributed by atoms with Gasteiger partial charge in [0.25, 0.3) is 10.0 Å². The predicted octanol–water partition coefficient (Wildman–Crippen LogP) is 5.75. The number of benzene rings is 4. The second kappa shape index (κ2) is 14.4. The van der Waals surface area contributed by atoms with E-state index in [4.69, 9.17) is 4.74 Å². The summed E-state index contributed by atoms with van der Waals surface area (Å²) in [4.78, 5) is 29.9. The lowest BCUT2D eigenvalue weighted by molar-refractivity contribution is -0.140. The third kappa shape index (κ3) is 8.95. The number of nitrogens with one attached hydrogen (secondary N) is 1. The lowest BCUT2D eigenvalue weighted by Gasteiger charge is -2.35. The largest absolute Gasteiger partial charge is 0.497 e. The molecule has 8 nitrogen and oxygen atoms in total. The average molecular weight is 628 g/mol. The molecule has 236 valence electrons. The molecule has 0 bridgehead atoms. The number of hydrogen-bond acceptors (Lipinski definition) is 5. The van der Waals surface area contributed by atoms with Gasteiger partial charge in [0.1, 0.15) is 18.3 Å². The van der Waals surface area contributed by atoms with E-state index in [2.05, 4.69) is 5.32 Å². The van der Waals surface area contributed by atoms with Gasteiger partial charge in [0.15, 0.2) is 0 Å². The highest BCUT2D eigenvalue weighted by Gasteiger charge is 2.35. The van der Waals surface area contributed by atoms with E-state index in [9.17, 15) is 18.0 Å². The molecule has 0 unspecified atom stereocenters. The number of hydrogen-bond donors (Lipinski definition) is 1. The van der Waals surface area contributed by atoms with Crippen LogP contribution in [0.4, 0.5) is 5.69 Å². The van der Waals surface area contributed by atoms with Gasteiger partial charge in [-0.25, -0.2) is 8.42 Å². The maximum atomic E-state index is 14.5. The van der Waals surface area contributed by atoms with Crippen molar-refractivity contribution in [1.29, 1.82) is 0 Å². The van der Waals surface area contributed by atoms with Crippen LogP contribution in [0.5, 0.6) is 5.75 Å². The Morgan fingerprint density at radius 3 is 1.89 bits per heavy atom. The normalized spacial score (nSPS) is 12.2. The standard InChI is InChI=1S/C36H41N3O5S/c1-27-16-18-30(19-17-27)39(45(42,43)32-22-20-31(44-5)21-23-32)26-34(40)38(25-29-14-10-7-11-15-29)33(35(41)37-36(2,3)4)24-28-12-8-6-9-13-28/h6-23,33H,24-26H2,1-5H3,(H,37,41)/t33-/m0/s1. The van der Waals surface area contributed by atoms with Crippen molar-refractivity contribution in [2.75, 3.05) is 18.0 Å². The zero-order valence-electron chi connectivity index (χ0n) is 26.4. The monoisotopic (exact) mass is 627 g/mol. The Morgan fingerprint density at radius 1 is 0.800 bits per heavy atom. The van der Waals surface area contributed by atoms with Crippen LogP contribution in [-0.4, -0.2) is 50.4 Å². The van der Waals surface area contributed by atoms with Crippen molar-refractivity contribution in [3.8, 4) is 5.75 Å². The summed E-state index contributed by atoms with van der Waals surface area (Å²) >= 11 is 0. The van der Waals surface area contributed by atoms with Crippen LogP contribution in [0, 0.1) is 6.92 Å². The van der Waals surface area contributed by atoms with Crippen molar-refractivity contribution < 1.29 is 22.7 Å². The minimum absolute atomic E-state index is 0.0117. The number of aryl methyl sites for hydroxylation is 1. The first-order valence-corrected chi connectivity index (χ1v) is 16.2. The van der Waals surface area contributed by atoms with Gasteiger partial charge in [-0.15, -0.1) is 0 Å². The maximum absolute atomic E-state index is 14.5. The lowest BCUT2D eigenvalue weighted by atomic mass is 10.0. The van der Waals surface area contributed by atoms with E-state index in [0.717, 1.165) is 21.0 Å². The quantitative estimate of drug-likeness (QED) is 0.216. The summed E-state index contributed by atoms with van der Waals surface area (Å²) < 4.78 is 34.6. The first-order chi connectivity index (χ1) is 21.4. The van der Waals surface area contributed by atoms with Gasteiger partial charge in [0.05, 0.1) is 17.7 Å². The Kier molecular flexibility index (Phi) is 10.7. The third-order valence-electron chi connectivity index (χ3n) is 7.21. The van der Waals surface area contributed by atoms with Gasteiger partial charge >= 0.3 is 0 Å². The number of nitrogens with zero attached hydrogens (tertiary/aromatic N) is 2. The van der Waals surface area contributed by atoms with Gasteiger partial charge in [0, 0.05) is 18.5 Å². The Labute approximate surface area is 266 Å². The molecule has 0 fully saturated rings. The molecule has 1 atom stereocenters. The smallest absolute Gasteiger partial charge is 0.264 e. The number of carbonyl (C=O) groups excluding carboxylic acids is 2. The second-order valence-corrected chi connectivity index (χ2v) is 13.8. The minimum Gasteiger partial charge on any atom is -0.497 e. The molecule has 0 aliphatic rings. The molecule has 0 heterocycles. The van der Waals surface area contributed by atoms with Crippen LogP contribution >= 0.6 is 0 Å². The van der Waals surface area contributed by atoms with Gasteiger partial charge < -0.3 is 15.0 Å². The molecule has 0 aromatic heterocycles. The molecular formula is C36H41N3O5S. The Hall–Kier alpha value is -4.63. The lowest BCUT2D eigenvalue weighted by Crippen LogP contribution is -2.56. The Bertz CT molecular complexity index is 1670. The van der Waals surface area contributed by atoms with Crippen molar-refractivity contribution in [2.45, 2.75) is 57.1 Å². The maximum Gasteiger partial charge on any atom is 0.264 e. The van der Waals surface area contributed by atoms with E-state index in [1.54, 1.807) is 36.4 Å². The van der Waals surface area contributed by atoms with Crippen molar-refractivity contribution in [2.24, 2.45) is 0 Å². The van der Waals surface area contributed by atoms with Crippen LogP contribution in [-0.2, 0) is 32.6 Å². The van der Waals surface area contributed by atoms with Gasteiger partial charge in [0.2, 0.25) is 11.8 Å². The molecule has 45 heavy (non-hydrogen) atoms. The molecule has 2 amide bonds. The van der Waals surface area contributed by atoms with Gasteiger partial charge in [-0.1, -0.05) is 78.4 Å². The molecule has 4 rings (SSSR count). The van der Waals surface area contributed by atoms with Gasteiger partial charge in [-0.2, -0.15) is 0 Å². The first-order valence-electron chi connectivity index (χ1n) is 14.8. The Morgan fingerprint density at radius 2 is 1.36 bits per heavy atom. The molecule has 0 saturated carbocycles. The van der Waals surface area contributed by atoms with Crippen molar-refractivity contribution in [3.63, 3.8) is 0 Å². The molecule has 9 heteroatoms. The number of methoxy groups -OCH3 is 1. The van der Waals surface area contributed by atoms with Crippen LogP contribution in [0.15, 0.2) is 114 Å². The van der Waals surface area contributed by atoms with Gasteiger partial charge in [-0.3, -0.25) is 13.9 Å². The summed E-state index contributed by atoms with van der Waals surface area (Å²) in [6.45, 7) is 7.15. The number of anilines is 1. The number of carbonyl (C=O) groups is 2. The van der Waals surface area contributed by atoms with E-state index in [1.807, 2.05) is 88.4 Å². The topological polar surface area (TPSA) is 96.0 Å². The summed E-state index contributed by atoms with van der Waals surface area (Å²) in [5, 5.41) is 3.04. The molecular weight excluding hydrogens is 586 g/mol. The summed E-state index contributed by atoms with van der Waals surface area (Å²) in [7, 11) is -2.69. The highest BCUT2D eigenvalue weighted by atomic mass is 32.2. The summed E-state index contributed by atoms with van der Waals surface area (Å²) in [5.41, 5.74) is 2.41. The van der Waals surface area contributed by atoms with Crippen molar-refractivity contribution in [3.05, 3.63) is 126 Å². The number of sulfonamides is 1. The molecule has 4 aromatic rings. The number of rotatable bonds is 12. The molecule has 0 radical (unpaired) electrons. The van der Waals surface area contributed by atoms with E-state index in [-0.39, 0.29) is 23.8 Å². The van der Waals surface area contributed by atoms with Crippen LogP contribution in [0.3, 0.4) is 0 Å². The molecule has 1 N–H and O–H groups in total. The SMILES string of the molecule is COc1ccc(S(=O)(=O)N(CC(=O)N(Cc2ccccc2)[C@@H](Cc2ccccc2)C(=O)NC(C)(C)C)c2ccc(C)cc2)cc1. The van der Waals surface area contributed by atoms with Crippen LogP contribution in [0.1, 0.15) is 37.5 Å². The van der Waals surface area contributed by atoms with Crippen LogP contribution in [0.25, 0.3) is 0 Å². The third-order valence-corrected chi connectivity index (χ3v) is 9.00. The zero-order chi connectivity index (χ0) is 32.6. The first kappa shape index (κ1) is 33.3. The average Bonchev–Trinajstić information content (AvgIpc) is 3.02. The fourth-order valence-electron chi connectivity index (χ4n) is 4.90. The summed E-state index contributed by atoms with van der Waals surface area (Å²) in [6, 6.07) is 31.0. The summed E-state index contributed by atoms with van der Waals surface area (Å²) in [6.07, 6.45) is 0.247. The Balaban J connectivity index is 1.80. The number of amides is 2. The highest BCUT2D eigenvalue weighted by Crippen LogP contribution is 2.27. The van der Waals surface area contributed by atoms with E-state index in [1.165, 1.54) is 24.1 Å². The molecule has 0 aliphatic heterocycles. The number of ether oxygens (including phenoxy) is 1. The van der Waals surface area contributed by atoms with Crippen molar-refractivity contribution in [1.82, 2.24) is 10.2 Å². The van der Waals surface area contributed by atoms with Crippen molar-refractivity contribution >= 4 is 27.5 Å². The van der Waals surface area contributed by atoms with E-state index >= 15 is 0 Å². The molecule has 0 aliphatic carbocycles. The zero-order valence-corrected chi connectivity index (χ0v) is 27.3. The molecule has 0 spiro atoms. The van der Waals surface area contributed by atoms with Crippen LogP contribution in [0.2, 0.25) is 0 Å². The van der Waals surface area contributed by atoms with E-state index in [0.29, 0.717) is 11.4 Å².